The van der Waals surface area contributed by atoms with Gasteiger partial charge in [-0.3, -0.25) is 14.1 Å². The number of carbonyl (C=O) groups is 2. The molecule has 0 radical (unpaired) electrons. The lowest BCUT2D eigenvalue weighted by molar-refractivity contribution is -0.117. The number of halogens is 2. The monoisotopic (exact) mass is 636 g/mol. The number of anilines is 1. The van der Waals surface area contributed by atoms with Crippen molar-refractivity contribution in [3.05, 3.63) is 124 Å². The molecule has 2 amide bonds. The van der Waals surface area contributed by atoms with E-state index in [4.69, 9.17) is 16.2 Å². The van der Waals surface area contributed by atoms with Gasteiger partial charge in [0.25, 0.3) is 16.0 Å². The number of carbonyl (C=O) groups excluding carboxylic acids is 2. The van der Waals surface area contributed by atoms with E-state index in [1.54, 1.807) is 54.6 Å². The van der Waals surface area contributed by atoms with Crippen molar-refractivity contribution in [3.63, 3.8) is 0 Å². The van der Waals surface area contributed by atoms with Gasteiger partial charge in [-0.1, -0.05) is 87.0 Å². The van der Waals surface area contributed by atoms with E-state index in [1.165, 1.54) is 12.1 Å². The Morgan fingerprint density at radius 2 is 1.50 bits per heavy atom. The summed E-state index contributed by atoms with van der Waals surface area (Å²) >= 11 is 5.81. The maximum Gasteiger partial charge on any atom is 0.266 e. The first-order valence-electron chi connectivity index (χ1n) is 14.0. The quantitative estimate of drug-likeness (QED) is 0.162. The van der Waals surface area contributed by atoms with Crippen molar-refractivity contribution in [3.8, 4) is 11.1 Å². The lowest BCUT2D eigenvalue weighted by Crippen LogP contribution is -2.28. The van der Waals surface area contributed by atoms with Crippen molar-refractivity contribution in [2.75, 3.05) is 17.6 Å². The van der Waals surface area contributed by atoms with E-state index < -0.39 is 33.5 Å². The Kier molecular flexibility index (Phi) is 10.2. The van der Waals surface area contributed by atoms with E-state index in [0.717, 1.165) is 22.3 Å². The summed E-state index contributed by atoms with van der Waals surface area (Å²) < 4.78 is 44.6. The van der Waals surface area contributed by atoms with Crippen LogP contribution in [0.25, 0.3) is 11.1 Å². The van der Waals surface area contributed by atoms with E-state index in [-0.39, 0.29) is 22.9 Å². The maximum atomic E-state index is 13.9. The van der Waals surface area contributed by atoms with E-state index >= 15 is 0 Å². The third-order valence-electron chi connectivity index (χ3n) is 7.20. The Hall–Kier alpha value is -4.05. The van der Waals surface area contributed by atoms with Crippen LogP contribution in [-0.4, -0.2) is 37.1 Å². The van der Waals surface area contributed by atoms with Crippen LogP contribution < -0.4 is 10.6 Å². The van der Waals surface area contributed by atoms with Gasteiger partial charge < -0.3 is 10.6 Å². The lowest BCUT2D eigenvalue weighted by atomic mass is 9.84. The Bertz CT molecular complexity index is 1730. The molecule has 1 atom stereocenters. The molecule has 3 N–H and O–H groups in total. The summed E-state index contributed by atoms with van der Waals surface area (Å²) in [5.41, 5.74) is 5.08. The van der Waals surface area contributed by atoms with Crippen LogP contribution in [0.3, 0.4) is 0 Å². The lowest BCUT2D eigenvalue weighted by Gasteiger charge is -2.22. The number of nitrogens with one attached hydrogen (secondary N) is 2. The highest BCUT2D eigenvalue weighted by Gasteiger charge is 2.23. The zero-order valence-corrected chi connectivity index (χ0v) is 26.2. The van der Waals surface area contributed by atoms with Gasteiger partial charge in [-0.25, -0.2) is 4.39 Å². The summed E-state index contributed by atoms with van der Waals surface area (Å²) in [4.78, 5) is 26.1. The molecular formula is C34H34ClFN2O5S. The molecule has 0 saturated heterocycles. The Balaban J connectivity index is 1.53. The Morgan fingerprint density at radius 3 is 2.07 bits per heavy atom. The second-order valence-electron chi connectivity index (χ2n) is 11.6. The minimum Gasteiger partial charge on any atom is -0.351 e. The van der Waals surface area contributed by atoms with Crippen molar-refractivity contribution in [1.82, 2.24) is 5.32 Å². The average Bonchev–Trinajstić information content (AvgIpc) is 2.97. The first-order valence-corrected chi connectivity index (χ1v) is 16.0. The first-order chi connectivity index (χ1) is 20.7. The molecule has 0 spiro atoms. The molecule has 7 nitrogen and oxygen atoms in total. The average molecular weight is 637 g/mol. The molecule has 4 aromatic rings. The molecule has 0 bridgehead atoms. The smallest absolute Gasteiger partial charge is 0.266 e. The van der Waals surface area contributed by atoms with Gasteiger partial charge in [0.15, 0.2) is 0 Å². The summed E-state index contributed by atoms with van der Waals surface area (Å²) in [6.45, 7) is 6.14. The standard InChI is InChI=1S/C34H34ClFN2O5S/c1-34(2,3)27-13-8-24(9-14-27)29(20-22-4-6-25(7-5-22)32(39)37-18-19-44(41,42)43)33(40)38-28-15-10-23(11-16-28)26-12-17-30(35)31(36)21-26/h4-17,21,29H,18-20H2,1-3H3,(H,37,39)(H,38,40)(H,41,42,43). The van der Waals surface area contributed by atoms with Crippen molar-refractivity contribution in [2.24, 2.45) is 0 Å². The summed E-state index contributed by atoms with van der Waals surface area (Å²) in [5, 5.41) is 5.51. The fourth-order valence-corrected chi connectivity index (χ4v) is 5.13. The van der Waals surface area contributed by atoms with Crippen LogP contribution in [0.2, 0.25) is 5.02 Å². The predicted octanol–water partition coefficient (Wildman–Crippen LogP) is 7.03. The normalized spacial score (nSPS) is 12.4. The molecule has 4 rings (SSSR count). The van der Waals surface area contributed by atoms with Crippen LogP contribution in [0.15, 0.2) is 91.0 Å². The zero-order valence-electron chi connectivity index (χ0n) is 24.6. The van der Waals surface area contributed by atoms with Gasteiger partial charge in [0.1, 0.15) is 5.82 Å². The molecule has 0 heterocycles. The van der Waals surface area contributed by atoms with Crippen molar-refractivity contribution < 1.29 is 27.0 Å². The minimum absolute atomic E-state index is 0.0489. The molecule has 0 saturated carbocycles. The third-order valence-corrected chi connectivity index (χ3v) is 8.23. The fourth-order valence-electron chi connectivity index (χ4n) is 4.65. The molecule has 0 aliphatic rings. The molecule has 44 heavy (non-hydrogen) atoms. The largest absolute Gasteiger partial charge is 0.351 e. The van der Waals surface area contributed by atoms with E-state index in [9.17, 15) is 22.4 Å². The zero-order chi connectivity index (χ0) is 32.1. The van der Waals surface area contributed by atoms with Gasteiger partial charge in [-0.2, -0.15) is 8.42 Å². The van der Waals surface area contributed by atoms with Gasteiger partial charge in [-0.05, 0) is 76.1 Å². The third kappa shape index (κ3) is 8.98. The summed E-state index contributed by atoms with van der Waals surface area (Å²) in [6, 6.07) is 26.4. The number of benzene rings is 4. The summed E-state index contributed by atoms with van der Waals surface area (Å²) in [6.07, 6.45) is 0.355. The summed E-state index contributed by atoms with van der Waals surface area (Å²) in [5.74, 6) is -2.33. The molecule has 230 valence electrons. The minimum atomic E-state index is -4.18. The second-order valence-corrected chi connectivity index (χ2v) is 13.5. The van der Waals surface area contributed by atoms with E-state index in [1.807, 2.05) is 24.3 Å². The molecule has 0 aliphatic carbocycles. The number of amides is 2. The second kappa shape index (κ2) is 13.7. The first kappa shape index (κ1) is 32.9. The molecule has 0 fully saturated rings. The van der Waals surface area contributed by atoms with Crippen molar-refractivity contribution in [2.45, 2.75) is 38.5 Å². The fraction of sp³-hybridized carbons (Fsp3) is 0.235. The van der Waals surface area contributed by atoms with Crippen LogP contribution in [-0.2, 0) is 26.7 Å². The van der Waals surface area contributed by atoms with Crippen molar-refractivity contribution >= 4 is 39.2 Å². The Labute approximate surface area is 262 Å². The van der Waals surface area contributed by atoms with E-state index in [2.05, 4.69) is 31.4 Å². The number of rotatable bonds is 10. The molecular weight excluding hydrogens is 603 g/mol. The number of hydrogen-bond donors (Lipinski definition) is 3. The van der Waals surface area contributed by atoms with Crippen LogP contribution >= 0.6 is 11.6 Å². The van der Waals surface area contributed by atoms with Gasteiger partial charge in [0, 0.05) is 17.8 Å². The highest BCUT2D eigenvalue weighted by Crippen LogP contribution is 2.29. The summed E-state index contributed by atoms with van der Waals surface area (Å²) in [7, 11) is -4.18. The maximum absolute atomic E-state index is 13.9. The highest BCUT2D eigenvalue weighted by molar-refractivity contribution is 7.85. The van der Waals surface area contributed by atoms with Crippen LogP contribution in [0.4, 0.5) is 10.1 Å². The topological polar surface area (TPSA) is 113 Å². The van der Waals surface area contributed by atoms with Crippen LogP contribution in [0, 0.1) is 5.82 Å². The molecule has 0 aromatic heterocycles. The van der Waals surface area contributed by atoms with Gasteiger partial charge in [-0.15, -0.1) is 0 Å². The molecule has 4 aromatic carbocycles. The van der Waals surface area contributed by atoms with Crippen LogP contribution in [0.1, 0.15) is 53.7 Å². The van der Waals surface area contributed by atoms with E-state index in [0.29, 0.717) is 23.2 Å². The van der Waals surface area contributed by atoms with Gasteiger partial charge in [0.05, 0.1) is 16.7 Å². The van der Waals surface area contributed by atoms with Gasteiger partial charge >= 0.3 is 0 Å². The predicted molar refractivity (Wildman–Crippen MR) is 172 cm³/mol. The SMILES string of the molecule is CC(C)(C)c1ccc(C(Cc2ccc(C(=O)NCCS(=O)(=O)O)cc2)C(=O)Nc2ccc(-c3ccc(Cl)c(F)c3)cc2)cc1. The van der Waals surface area contributed by atoms with Gasteiger partial charge in [0.2, 0.25) is 5.91 Å². The van der Waals surface area contributed by atoms with Crippen molar-refractivity contribution in [1.29, 1.82) is 0 Å². The van der Waals surface area contributed by atoms with Crippen LogP contribution in [0.5, 0.6) is 0 Å². The number of hydrogen-bond acceptors (Lipinski definition) is 4. The molecule has 10 heteroatoms. The molecule has 0 aliphatic heterocycles. The Morgan fingerprint density at radius 1 is 0.886 bits per heavy atom. The highest BCUT2D eigenvalue weighted by atomic mass is 35.5. The molecule has 1 unspecified atom stereocenters.